The Hall–Kier alpha value is -2.08. The number of alkyl halides is 2. The zero-order valence-electron chi connectivity index (χ0n) is 32.9. The molecule has 8 heteroatoms. The number of rotatable bonds is 14. The second-order valence-electron chi connectivity index (χ2n) is 13.6. The van der Waals surface area contributed by atoms with Gasteiger partial charge in [-0.05, 0) is 86.4 Å². The van der Waals surface area contributed by atoms with Crippen molar-refractivity contribution in [1.29, 1.82) is 0 Å². The molecule has 0 fully saturated rings. The average Bonchev–Trinajstić information content (AvgIpc) is 3.30. The fourth-order valence-corrected chi connectivity index (χ4v) is 21.3. The van der Waals surface area contributed by atoms with Gasteiger partial charge in [0.05, 0.1) is 0 Å². The summed E-state index contributed by atoms with van der Waals surface area (Å²) in [6.07, 6.45) is 3.41. The van der Waals surface area contributed by atoms with E-state index >= 15 is 0 Å². The molecule has 0 aliphatic carbocycles. The van der Waals surface area contributed by atoms with Crippen LogP contribution in [-0.2, 0) is 44.8 Å². The molecule has 0 unspecified atom stereocenters. The Kier molecular flexibility index (Phi) is 21.1. The first-order chi connectivity index (χ1) is 28.6. The Morgan fingerprint density at radius 2 is 0.450 bits per heavy atom. The van der Waals surface area contributed by atoms with Crippen LogP contribution in [0.25, 0.3) is 0 Å². The molecule has 60 heavy (non-hydrogen) atoms. The van der Waals surface area contributed by atoms with Crippen molar-refractivity contribution in [2.24, 2.45) is 0 Å². The third kappa shape index (κ3) is 14.0. The minimum Gasteiger partial charge on any atom is -0.0665 e. The monoisotopic (exact) mass is 1350 g/mol. The van der Waals surface area contributed by atoms with Gasteiger partial charge < -0.3 is 0 Å². The average molecular weight is 1350 g/mol. The zero-order valence-corrected chi connectivity index (χ0v) is 43.9. The second-order valence-corrected chi connectivity index (χ2v) is 27.9. The number of halogens is 2. The predicted molar refractivity (Wildman–Crippen MR) is 271 cm³/mol. The van der Waals surface area contributed by atoms with Crippen LogP contribution in [0.15, 0.2) is 243 Å². The molecule has 0 atom stereocenters. The minimum absolute atomic E-state index is 0. The summed E-state index contributed by atoms with van der Waals surface area (Å²) in [6, 6.07) is 87.8. The van der Waals surface area contributed by atoms with Crippen LogP contribution >= 0.6 is 63.5 Å². The zero-order chi connectivity index (χ0) is 39.8. The van der Waals surface area contributed by atoms with Crippen LogP contribution in [0.2, 0.25) is 0 Å². The molecule has 0 aliphatic rings. The predicted octanol–water partition coefficient (Wildman–Crippen LogP) is 11.9. The van der Waals surface area contributed by atoms with Gasteiger partial charge in [0.15, 0.2) is 0 Å². The van der Waals surface area contributed by atoms with Crippen LogP contribution in [0.1, 0.15) is 0 Å². The molecule has 8 aromatic carbocycles. The van der Waals surface area contributed by atoms with E-state index in [0.717, 1.165) is 6.16 Å². The van der Waals surface area contributed by atoms with Crippen LogP contribution in [0.3, 0.4) is 0 Å². The summed E-state index contributed by atoms with van der Waals surface area (Å²) in [7, 11) is -1.88. The fourth-order valence-electron chi connectivity index (χ4n) is 6.94. The molecule has 8 aromatic rings. The van der Waals surface area contributed by atoms with E-state index in [-0.39, 0.29) is 63.6 Å². The van der Waals surface area contributed by atoms with E-state index in [0.29, 0.717) is 0 Å². The third-order valence-corrected chi connectivity index (χ3v) is 23.9. The number of benzene rings is 8. The van der Waals surface area contributed by atoms with Gasteiger partial charge in [0.25, 0.3) is 0 Å². The summed E-state index contributed by atoms with van der Waals surface area (Å²) < 4.78 is -0.227. The molecular weight excluding hydrogens is 1300 g/mol. The maximum Gasteiger partial charge on any atom is 0.112 e. The third-order valence-electron chi connectivity index (χ3n) is 9.66. The summed E-state index contributed by atoms with van der Waals surface area (Å²) in [6.45, 7) is 0. The van der Waals surface area contributed by atoms with E-state index in [1.54, 1.807) is 0 Å². The van der Waals surface area contributed by atoms with E-state index < -0.39 is 15.8 Å². The minimum atomic E-state index is -0.658. The molecule has 0 bridgehead atoms. The van der Waals surface area contributed by atoms with Crippen molar-refractivity contribution in [3.8, 4) is 0 Å². The van der Waals surface area contributed by atoms with Gasteiger partial charge in [-0.3, -0.25) is 0 Å². The van der Waals surface area contributed by atoms with Crippen LogP contribution in [0, 0.1) is 0 Å². The molecule has 8 rings (SSSR count). The Bertz CT molecular complexity index is 2110. The number of hydrogen-bond donors (Lipinski definition) is 0. The quantitative estimate of drug-likeness (QED) is 0.0578. The van der Waals surface area contributed by atoms with Gasteiger partial charge in [0.2, 0.25) is 0 Å². The van der Waals surface area contributed by atoms with E-state index in [1.807, 2.05) is 0 Å². The van der Waals surface area contributed by atoms with Gasteiger partial charge in [0.1, 0.15) is 2.97 Å². The van der Waals surface area contributed by atoms with Crippen molar-refractivity contribution in [3.63, 3.8) is 0 Å². The Labute approximate surface area is 410 Å². The van der Waals surface area contributed by atoms with Crippen molar-refractivity contribution >= 4 is 106 Å². The molecule has 0 saturated heterocycles. The van der Waals surface area contributed by atoms with Crippen molar-refractivity contribution in [1.82, 2.24) is 0 Å². The van der Waals surface area contributed by atoms with Crippen molar-refractivity contribution in [3.05, 3.63) is 243 Å². The Morgan fingerprint density at radius 3 is 0.667 bits per heavy atom. The normalized spacial score (nSPS) is 11.0. The van der Waals surface area contributed by atoms with Crippen LogP contribution in [-0.4, -0.2) is 21.5 Å². The summed E-state index contributed by atoms with van der Waals surface area (Å²) in [5, 5.41) is 11.4. The first-order valence-corrected chi connectivity index (χ1v) is 27.0. The molecule has 0 aromatic heterocycles. The van der Waals surface area contributed by atoms with E-state index in [1.165, 1.54) is 54.8 Å². The largest absolute Gasteiger partial charge is 0.112 e. The van der Waals surface area contributed by atoms with Crippen molar-refractivity contribution in [2.75, 3.05) is 18.5 Å². The SMILES string of the molecule is BrC(Br)(CP(c1ccccc1)c1ccccc1)P(c1ccccc1)c1ccccc1.[Au].[Au].c1ccc(P(CCP(c2ccccc2)c2ccccc2)c2ccccc2)cc1. The molecule has 2 radical (unpaired) electrons. The molecule has 0 heterocycles. The van der Waals surface area contributed by atoms with Crippen LogP contribution in [0.4, 0.5) is 0 Å². The summed E-state index contributed by atoms with van der Waals surface area (Å²) in [4.78, 5) is 0. The van der Waals surface area contributed by atoms with E-state index in [2.05, 4.69) is 275 Å². The van der Waals surface area contributed by atoms with Gasteiger partial charge >= 0.3 is 0 Å². The Morgan fingerprint density at radius 1 is 0.267 bits per heavy atom. The fraction of sp³-hybridized carbons (Fsp3) is 0.0769. The molecular formula is C52H46Au2Br2P4. The van der Waals surface area contributed by atoms with Gasteiger partial charge in [-0.2, -0.15) is 0 Å². The van der Waals surface area contributed by atoms with Crippen LogP contribution < -0.4 is 42.4 Å². The standard InChI is InChI=1S/C26H22Br2P2.C26H24P2.2Au/c27-26(28,30(24-17-9-3-10-18-24)25-19-11-4-12-20-25)21-29(22-13-5-1-6-14-22)23-15-7-2-8-16-23;1-5-13-23(14-6-1)27(24-15-7-2-8-16-24)21-22-28(25-17-9-3-10-18-25)26-19-11-4-12-20-26;;/h1-20H,21H2;1-20H,21-22H2;;. The molecule has 0 N–H and O–H groups in total. The Balaban J connectivity index is 0.000000221. The molecule has 310 valence electrons. The smallest absolute Gasteiger partial charge is 0.0665 e. The second kappa shape index (κ2) is 25.9. The molecule has 0 spiro atoms. The van der Waals surface area contributed by atoms with Gasteiger partial charge in [0, 0.05) is 50.9 Å². The molecule has 0 nitrogen and oxygen atoms in total. The summed E-state index contributed by atoms with van der Waals surface area (Å²) in [5.74, 6) is 0. The van der Waals surface area contributed by atoms with Gasteiger partial charge in [-0.25, -0.2) is 0 Å². The molecule has 0 aliphatic heterocycles. The summed E-state index contributed by atoms with van der Waals surface area (Å²) in [5.41, 5.74) is 0. The summed E-state index contributed by atoms with van der Waals surface area (Å²) >= 11 is 8.36. The van der Waals surface area contributed by atoms with E-state index in [9.17, 15) is 0 Å². The topological polar surface area (TPSA) is 0 Å². The number of hydrogen-bond acceptors (Lipinski definition) is 0. The van der Waals surface area contributed by atoms with Gasteiger partial charge in [-0.1, -0.05) is 275 Å². The van der Waals surface area contributed by atoms with E-state index in [4.69, 9.17) is 0 Å². The maximum absolute atomic E-state index is 4.18. The van der Waals surface area contributed by atoms with Crippen molar-refractivity contribution < 1.29 is 44.8 Å². The first-order valence-electron chi connectivity index (χ1n) is 19.5. The molecule has 0 amide bonds. The first kappa shape index (κ1) is 48.9. The van der Waals surface area contributed by atoms with Crippen LogP contribution in [0.5, 0.6) is 0 Å². The molecule has 0 saturated carbocycles. The van der Waals surface area contributed by atoms with Gasteiger partial charge in [-0.15, -0.1) is 0 Å². The maximum atomic E-state index is 4.18. The van der Waals surface area contributed by atoms with Crippen molar-refractivity contribution in [2.45, 2.75) is 2.97 Å².